The van der Waals surface area contributed by atoms with Gasteiger partial charge in [0.05, 0.1) is 16.6 Å². The van der Waals surface area contributed by atoms with E-state index in [1.807, 2.05) is 23.6 Å². The molecule has 1 unspecified atom stereocenters. The Kier molecular flexibility index (Phi) is 4.15. The number of hydrogen-bond donors (Lipinski definition) is 1. The highest BCUT2D eigenvalue weighted by Crippen LogP contribution is 2.28. The molecule has 0 fully saturated rings. The van der Waals surface area contributed by atoms with Crippen LogP contribution in [0.15, 0.2) is 34.2 Å². The van der Waals surface area contributed by atoms with Gasteiger partial charge in [0.1, 0.15) is 5.75 Å². The Morgan fingerprint density at radius 2 is 2.35 bits per heavy atom. The number of methoxy groups -OCH3 is 1. The first-order chi connectivity index (χ1) is 8.20. The summed E-state index contributed by atoms with van der Waals surface area (Å²) in [7, 11) is 1.65. The van der Waals surface area contributed by atoms with Crippen LogP contribution in [0.25, 0.3) is 0 Å². The normalized spacial score (nSPS) is 12.4. The number of halogens is 1. The number of nitrogens with zero attached hydrogens (tertiary/aromatic N) is 1. The molecule has 0 spiro atoms. The quantitative estimate of drug-likeness (QED) is 0.943. The van der Waals surface area contributed by atoms with Crippen molar-refractivity contribution in [2.24, 2.45) is 5.73 Å². The van der Waals surface area contributed by atoms with Gasteiger partial charge in [-0.1, -0.05) is 6.07 Å². The van der Waals surface area contributed by atoms with Gasteiger partial charge in [-0.2, -0.15) is 0 Å². The molecule has 1 heterocycles. The van der Waals surface area contributed by atoms with E-state index >= 15 is 0 Å². The highest BCUT2D eigenvalue weighted by Gasteiger charge is 2.10. The third kappa shape index (κ3) is 3.06. The molecule has 0 radical (unpaired) electrons. The van der Waals surface area contributed by atoms with Crippen LogP contribution < -0.4 is 10.5 Å². The Bertz CT molecular complexity index is 487. The summed E-state index contributed by atoms with van der Waals surface area (Å²) in [6.45, 7) is 0. The Morgan fingerprint density at radius 3 is 2.94 bits per heavy atom. The van der Waals surface area contributed by atoms with Crippen molar-refractivity contribution in [2.45, 2.75) is 12.5 Å². The van der Waals surface area contributed by atoms with Crippen molar-refractivity contribution in [2.75, 3.05) is 7.11 Å². The zero-order valence-corrected chi connectivity index (χ0v) is 11.8. The fourth-order valence-corrected chi connectivity index (χ4v) is 2.81. The maximum absolute atomic E-state index is 6.15. The molecule has 0 saturated carbocycles. The maximum Gasteiger partial charge on any atom is 0.133 e. The number of benzene rings is 1. The average Bonchev–Trinajstić information content (AvgIpc) is 2.81. The second-order valence-electron chi connectivity index (χ2n) is 3.63. The molecule has 0 aliphatic rings. The second-order valence-corrected chi connectivity index (χ2v) is 5.46. The molecule has 1 atom stereocenters. The molecule has 90 valence electrons. The summed E-state index contributed by atoms with van der Waals surface area (Å²) in [6.07, 6.45) is 2.56. The first kappa shape index (κ1) is 12.5. The van der Waals surface area contributed by atoms with Gasteiger partial charge in [-0.05, 0) is 33.6 Å². The van der Waals surface area contributed by atoms with Crippen LogP contribution in [0.3, 0.4) is 0 Å². The summed E-state index contributed by atoms with van der Waals surface area (Å²) in [5.41, 5.74) is 7.23. The molecule has 1 aromatic heterocycles. The van der Waals surface area contributed by atoms with Gasteiger partial charge in [-0.15, -0.1) is 11.3 Å². The van der Waals surface area contributed by atoms with E-state index in [4.69, 9.17) is 10.5 Å². The van der Waals surface area contributed by atoms with Crippen molar-refractivity contribution in [3.8, 4) is 5.75 Å². The first-order valence-electron chi connectivity index (χ1n) is 5.18. The van der Waals surface area contributed by atoms with E-state index in [0.717, 1.165) is 27.2 Å². The summed E-state index contributed by atoms with van der Waals surface area (Å²) in [4.78, 5) is 4.24. The number of thiazole rings is 1. The minimum atomic E-state index is -0.0386. The van der Waals surface area contributed by atoms with Crippen molar-refractivity contribution in [1.29, 1.82) is 0 Å². The van der Waals surface area contributed by atoms with Crippen LogP contribution >= 0.6 is 27.3 Å². The molecule has 0 amide bonds. The van der Waals surface area contributed by atoms with E-state index < -0.39 is 0 Å². The minimum absolute atomic E-state index is 0.0386. The van der Waals surface area contributed by atoms with E-state index in [-0.39, 0.29) is 6.04 Å². The molecule has 0 bridgehead atoms. The number of rotatable bonds is 4. The number of nitrogens with two attached hydrogens (primary N) is 1. The van der Waals surface area contributed by atoms with Crippen LogP contribution in [0.2, 0.25) is 0 Å². The van der Waals surface area contributed by atoms with Crippen molar-refractivity contribution in [1.82, 2.24) is 4.98 Å². The lowest BCUT2D eigenvalue weighted by Gasteiger charge is -2.12. The van der Waals surface area contributed by atoms with E-state index in [9.17, 15) is 0 Å². The zero-order chi connectivity index (χ0) is 12.3. The van der Waals surface area contributed by atoms with Gasteiger partial charge in [0.15, 0.2) is 0 Å². The van der Waals surface area contributed by atoms with Crippen LogP contribution in [-0.2, 0) is 6.42 Å². The van der Waals surface area contributed by atoms with Crippen LogP contribution in [0.4, 0.5) is 0 Å². The van der Waals surface area contributed by atoms with Crippen molar-refractivity contribution < 1.29 is 4.74 Å². The molecule has 2 N–H and O–H groups in total. The van der Waals surface area contributed by atoms with Gasteiger partial charge in [0, 0.05) is 24.0 Å². The fraction of sp³-hybridized carbons (Fsp3) is 0.250. The summed E-state index contributed by atoms with van der Waals surface area (Å²) >= 11 is 5.09. The van der Waals surface area contributed by atoms with Crippen LogP contribution in [-0.4, -0.2) is 12.1 Å². The second kappa shape index (κ2) is 5.62. The van der Waals surface area contributed by atoms with Crippen molar-refractivity contribution >= 4 is 27.3 Å². The smallest absolute Gasteiger partial charge is 0.133 e. The van der Waals surface area contributed by atoms with Gasteiger partial charge in [-0.25, -0.2) is 4.98 Å². The third-order valence-electron chi connectivity index (χ3n) is 2.48. The lowest BCUT2D eigenvalue weighted by molar-refractivity contribution is 0.412. The molecule has 5 heteroatoms. The first-order valence-corrected chi connectivity index (χ1v) is 6.85. The van der Waals surface area contributed by atoms with E-state index in [0.29, 0.717) is 0 Å². The van der Waals surface area contributed by atoms with Gasteiger partial charge in [0.2, 0.25) is 0 Å². The molecule has 0 saturated heterocycles. The monoisotopic (exact) mass is 312 g/mol. The third-order valence-corrected chi connectivity index (χ3v) is 3.90. The lowest BCUT2D eigenvalue weighted by Crippen LogP contribution is -2.13. The Labute approximate surface area is 113 Å². The summed E-state index contributed by atoms with van der Waals surface area (Å²) in [6, 6.07) is 5.86. The summed E-state index contributed by atoms with van der Waals surface area (Å²) in [5.74, 6) is 0.815. The number of hydrogen-bond acceptors (Lipinski definition) is 4. The predicted molar refractivity (Wildman–Crippen MR) is 73.4 cm³/mol. The highest BCUT2D eigenvalue weighted by molar-refractivity contribution is 9.10. The Hall–Kier alpha value is -0.910. The molecule has 17 heavy (non-hydrogen) atoms. The molecular formula is C12H13BrN2OS. The molecule has 0 aliphatic heterocycles. The SMILES string of the molecule is COc1ccc(C(N)Cc2nccs2)cc1Br. The number of ether oxygens (including phenoxy) is 1. The molecule has 0 aliphatic carbocycles. The fourth-order valence-electron chi connectivity index (χ4n) is 1.57. The van der Waals surface area contributed by atoms with E-state index in [1.54, 1.807) is 24.6 Å². The maximum atomic E-state index is 6.15. The van der Waals surface area contributed by atoms with Crippen LogP contribution in [0, 0.1) is 0 Å². The molecule has 1 aromatic carbocycles. The molecule has 2 aromatic rings. The molecular weight excluding hydrogens is 300 g/mol. The standard InChI is InChI=1S/C12H13BrN2OS/c1-16-11-3-2-8(6-9(11)13)10(14)7-12-15-4-5-17-12/h2-6,10H,7,14H2,1H3. The average molecular weight is 313 g/mol. The van der Waals surface area contributed by atoms with Crippen LogP contribution in [0.5, 0.6) is 5.75 Å². The lowest BCUT2D eigenvalue weighted by atomic mass is 10.1. The Balaban J connectivity index is 2.14. The predicted octanol–water partition coefficient (Wildman–Crippen LogP) is 3.16. The number of aromatic nitrogens is 1. The van der Waals surface area contributed by atoms with Gasteiger partial charge in [-0.3, -0.25) is 0 Å². The molecule has 2 rings (SSSR count). The van der Waals surface area contributed by atoms with E-state index in [2.05, 4.69) is 20.9 Å². The minimum Gasteiger partial charge on any atom is -0.496 e. The summed E-state index contributed by atoms with van der Waals surface area (Å²) in [5, 5.41) is 3.02. The van der Waals surface area contributed by atoms with E-state index in [1.165, 1.54) is 0 Å². The summed E-state index contributed by atoms with van der Waals surface area (Å²) < 4.78 is 6.11. The van der Waals surface area contributed by atoms with Gasteiger partial charge in [0.25, 0.3) is 0 Å². The Morgan fingerprint density at radius 1 is 1.53 bits per heavy atom. The molecule has 3 nitrogen and oxygen atoms in total. The topological polar surface area (TPSA) is 48.1 Å². The van der Waals surface area contributed by atoms with Gasteiger partial charge < -0.3 is 10.5 Å². The van der Waals surface area contributed by atoms with Crippen molar-refractivity contribution in [3.05, 3.63) is 44.8 Å². The largest absolute Gasteiger partial charge is 0.496 e. The highest BCUT2D eigenvalue weighted by atomic mass is 79.9. The zero-order valence-electron chi connectivity index (χ0n) is 9.39. The van der Waals surface area contributed by atoms with Gasteiger partial charge >= 0.3 is 0 Å². The van der Waals surface area contributed by atoms with Crippen LogP contribution in [0.1, 0.15) is 16.6 Å². The van der Waals surface area contributed by atoms with Crippen molar-refractivity contribution in [3.63, 3.8) is 0 Å².